The van der Waals surface area contributed by atoms with Gasteiger partial charge in [-0.15, -0.1) is 0 Å². The molecule has 2 rings (SSSR count). The Kier molecular flexibility index (Phi) is 3.36. The number of ether oxygens (including phenoxy) is 1. The van der Waals surface area contributed by atoms with Crippen LogP contribution in [0.2, 0.25) is 20.1 Å². The van der Waals surface area contributed by atoms with Crippen molar-refractivity contribution in [3.63, 3.8) is 0 Å². The third-order valence-corrected chi connectivity index (χ3v) is 3.50. The maximum absolute atomic E-state index is 6.12. The van der Waals surface area contributed by atoms with Crippen LogP contribution in [0.4, 0.5) is 0 Å². The van der Waals surface area contributed by atoms with Gasteiger partial charge in [0, 0.05) is 11.6 Å². The Labute approximate surface area is 112 Å². The van der Waals surface area contributed by atoms with Crippen LogP contribution >= 0.6 is 46.4 Å². The van der Waals surface area contributed by atoms with E-state index < -0.39 is 0 Å². The second-order valence-corrected chi connectivity index (χ2v) is 4.60. The van der Waals surface area contributed by atoms with E-state index in [0.717, 1.165) is 0 Å². The number of aromatic nitrogens is 1. The lowest BCUT2D eigenvalue weighted by Crippen LogP contribution is -1.90. The Balaban J connectivity index is 2.96. The van der Waals surface area contributed by atoms with Gasteiger partial charge in [0.15, 0.2) is 5.75 Å². The first-order chi connectivity index (χ1) is 7.56. The van der Waals surface area contributed by atoms with Crippen LogP contribution in [0.3, 0.4) is 0 Å². The summed E-state index contributed by atoms with van der Waals surface area (Å²) < 4.78 is 5.09. The lowest BCUT2D eigenvalue weighted by molar-refractivity contribution is 0.416. The monoisotopic (exact) mass is 295 g/mol. The number of hydrogen-bond donors (Lipinski definition) is 0. The number of methoxy groups -OCH3 is 1. The molecule has 2 nitrogen and oxygen atoms in total. The van der Waals surface area contributed by atoms with Crippen LogP contribution < -0.4 is 4.74 Å². The third-order valence-electron chi connectivity index (χ3n) is 2.09. The van der Waals surface area contributed by atoms with E-state index in [2.05, 4.69) is 4.98 Å². The highest BCUT2D eigenvalue weighted by Gasteiger charge is 2.17. The Hall–Kier alpha value is -0.410. The molecule has 0 N–H and O–H groups in total. The van der Waals surface area contributed by atoms with Gasteiger partial charge in [0.25, 0.3) is 0 Å². The highest BCUT2D eigenvalue weighted by Crippen LogP contribution is 2.44. The molecule has 2 aromatic rings. The fourth-order valence-corrected chi connectivity index (χ4v) is 2.40. The molecule has 0 radical (unpaired) electrons. The van der Waals surface area contributed by atoms with Crippen molar-refractivity contribution in [3.8, 4) is 5.75 Å². The van der Waals surface area contributed by atoms with Gasteiger partial charge < -0.3 is 4.74 Å². The molecular formula is C10H5Cl4NO. The minimum absolute atomic E-state index is 0.247. The normalized spacial score (nSPS) is 10.8. The maximum atomic E-state index is 6.12. The molecule has 0 bridgehead atoms. The summed E-state index contributed by atoms with van der Waals surface area (Å²) in [6, 6.07) is 1.66. The molecule has 0 saturated heterocycles. The zero-order valence-electron chi connectivity index (χ0n) is 8.02. The SMILES string of the molecule is COc1c(Cl)c(Cl)c2ncc(Cl)cc2c1Cl. The van der Waals surface area contributed by atoms with Crippen LogP contribution in [0.25, 0.3) is 10.9 Å². The van der Waals surface area contributed by atoms with Crippen molar-refractivity contribution in [3.05, 3.63) is 32.4 Å². The van der Waals surface area contributed by atoms with E-state index in [1.807, 2.05) is 0 Å². The quantitative estimate of drug-likeness (QED) is 0.701. The molecule has 0 unspecified atom stereocenters. The van der Waals surface area contributed by atoms with Gasteiger partial charge in [-0.3, -0.25) is 4.98 Å². The summed E-state index contributed by atoms with van der Waals surface area (Å²) >= 11 is 24.0. The zero-order valence-corrected chi connectivity index (χ0v) is 11.0. The van der Waals surface area contributed by atoms with E-state index in [-0.39, 0.29) is 5.02 Å². The molecule has 0 aliphatic rings. The summed E-state index contributed by atoms with van der Waals surface area (Å²) in [5.41, 5.74) is 0.502. The molecule has 16 heavy (non-hydrogen) atoms. The van der Waals surface area contributed by atoms with E-state index >= 15 is 0 Å². The van der Waals surface area contributed by atoms with Crippen LogP contribution in [0.1, 0.15) is 0 Å². The summed E-state index contributed by atoms with van der Waals surface area (Å²) in [5.74, 6) is 0.324. The van der Waals surface area contributed by atoms with Crippen molar-refractivity contribution < 1.29 is 4.74 Å². The van der Waals surface area contributed by atoms with E-state index in [4.69, 9.17) is 51.1 Å². The molecule has 0 spiro atoms. The molecule has 84 valence electrons. The molecule has 0 fully saturated rings. The molecule has 1 aromatic carbocycles. The van der Waals surface area contributed by atoms with Gasteiger partial charge in [-0.05, 0) is 6.07 Å². The molecular weight excluding hydrogens is 292 g/mol. The zero-order chi connectivity index (χ0) is 11.9. The Bertz CT molecular complexity index is 570. The number of hydrogen-bond acceptors (Lipinski definition) is 2. The van der Waals surface area contributed by atoms with Gasteiger partial charge in [-0.25, -0.2) is 0 Å². The van der Waals surface area contributed by atoms with Crippen molar-refractivity contribution in [2.45, 2.75) is 0 Å². The fraction of sp³-hybridized carbons (Fsp3) is 0.100. The number of rotatable bonds is 1. The number of benzene rings is 1. The number of pyridine rings is 1. The molecule has 0 aliphatic carbocycles. The Morgan fingerprint density at radius 1 is 1.06 bits per heavy atom. The molecule has 0 atom stereocenters. The van der Waals surface area contributed by atoms with Gasteiger partial charge in [0.1, 0.15) is 5.02 Å². The number of nitrogens with zero attached hydrogens (tertiary/aromatic N) is 1. The maximum Gasteiger partial charge on any atom is 0.158 e. The Morgan fingerprint density at radius 3 is 2.38 bits per heavy atom. The van der Waals surface area contributed by atoms with Crippen molar-refractivity contribution in [2.75, 3.05) is 7.11 Å². The summed E-state index contributed by atoms with van der Waals surface area (Å²) in [6.45, 7) is 0. The van der Waals surface area contributed by atoms with E-state index in [0.29, 0.717) is 31.7 Å². The smallest absolute Gasteiger partial charge is 0.158 e. The fourth-order valence-electron chi connectivity index (χ4n) is 1.38. The summed E-state index contributed by atoms with van der Waals surface area (Å²) in [7, 11) is 1.47. The molecule has 0 amide bonds. The summed E-state index contributed by atoms with van der Waals surface area (Å²) in [5, 5.41) is 1.98. The highest BCUT2D eigenvalue weighted by molar-refractivity contribution is 6.49. The van der Waals surface area contributed by atoms with E-state index in [9.17, 15) is 0 Å². The average molecular weight is 297 g/mol. The second kappa shape index (κ2) is 4.46. The number of halogens is 4. The van der Waals surface area contributed by atoms with E-state index in [1.54, 1.807) is 6.07 Å². The molecule has 6 heteroatoms. The van der Waals surface area contributed by atoms with Gasteiger partial charge in [-0.1, -0.05) is 46.4 Å². The lowest BCUT2D eigenvalue weighted by Gasteiger charge is -2.10. The van der Waals surface area contributed by atoms with E-state index in [1.165, 1.54) is 13.3 Å². The third kappa shape index (κ3) is 1.80. The minimum atomic E-state index is 0.247. The summed E-state index contributed by atoms with van der Waals surface area (Å²) in [4.78, 5) is 4.09. The van der Waals surface area contributed by atoms with Crippen LogP contribution in [0, 0.1) is 0 Å². The Morgan fingerprint density at radius 2 is 1.75 bits per heavy atom. The van der Waals surface area contributed by atoms with Crippen molar-refractivity contribution in [1.29, 1.82) is 0 Å². The topological polar surface area (TPSA) is 22.1 Å². The van der Waals surface area contributed by atoms with Gasteiger partial charge in [-0.2, -0.15) is 0 Å². The minimum Gasteiger partial charge on any atom is -0.494 e. The van der Waals surface area contributed by atoms with Crippen molar-refractivity contribution in [1.82, 2.24) is 4.98 Å². The molecule has 1 heterocycles. The number of fused-ring (bicyclic) bond motifs is 1. The average Bonchev–Trinajstić information content (AvgIpc) is 2.27. The standard InChI is InChI=1S/C10H5Cl4NO/c1-16-10-6(12)5-2-4(11)3-15-9(5)7(13)8(10)14/h2-3H,1H3. The predicted molar refractivity (Wildman–Crippen MR) is 68.3 cm³/mol. The molecule has 0 aliphatic heterocycles. The van der Waals surface area contributed by atoms with Gasteiger partial charge in [0.2, 0.25) is 0 Å². The van der Waals surface area contributed by atoms with Crippen molar-refractivity contribution >= 4 is 57.3 Å². The van der Waals surface area contributed by atoms with Crippen LogP contribution in [-0.2, 0) is 0 Å². The molecule has 1 aromatic heterocycles. The first-order valence-electron chi connectivity index (χ1n) is 4.22. The lowest BCUT2D eigenvalue weighted by atomic mass is 10.2. The molecule has 0 saturated carbocycles. The first kappa shape index (κ1) is 12.1. The van der Waals surface area contributed by atoms with Gasteiger partial charge >= 0.3 is 0 Å². The first-order valence-corrected chi connectivity index (χ1v) is 5.73. The largest absolute Gasteiger partial charge is 0.494 e. The summed E-state index contributed by atoms with van der Waals surface area (Å²) in [6.07, 6.45) is 1.48. The van der Waals surface area contributed by atoms with Crippen LogP contribution in [-0.4, -0.2) is 12.1 Å². The second-order valence-electron chi connectivity index (χ2n) is 3.02. The highest BCUT2D eigenvalue weighted by atomic mass is 35.5. The van der Waals surface area contributed by atoms with Crippen molar-refractivity contribution in [2.24, 2.45) is 0 Å². The van der Waals surface area contributed by atoms with Gasteiger partial charge in [0.05, 0.1) is 27.7 Å². The predicted octanol–water partition coefficient (Wildman–Crippen LogP) is 4.86. The van der Waals surface area contributed by atoms with Crippen LogP contribution in [0.5, 0.6) is 5.75 Å². The van der Waals surface area contributed by atoms with Crippen LogP contribution in [0.15, 0.2) is 12.3 Å².